The fourth-order valence-corrected chi connectivity index (χ4v) is 8.40. The molecule has 3 N–H and O–H groups in total. The van der Waals surface area contributed by atoms with Gasteiger partial charge in [0.25, 0.3) is 0 Å². The lowest BCUT2D eigenvalue weighted by atomic mass is 9.47. The van der Waals surface area contributed by atoms with Gasteiger partial charge >= 0.3 is 0 Å². The molecule has 1 heterocycles. The van der Waals surface area contributed by atoms with Crippen molar-refractivity contribution in [1.82, 2.24) is 4.90 Å². The van der Waals surface area contributed by atoms with E-state index in [1.165, 1.54) is 25.7 Å². The average molecular weight is 450 g/mol. The highest BCUT2D eigenvalue weighted by molar-refractivity contribution is 5.94. The molecule has 0 unspecified atom stereocenters. The van der Waals surface area contributed by atoms with Crippen LogP contribution in [0.2, 0.25) is 0 Å². The second-order valence-electron chi connectivity index (χ2n) is 11.8. The van der Waals surface area contributed by atoms with Gasteiger partial charge in [0.15, 0.2) is 0 Å². The van der Waals surface area contributed by atoms with E-state index in [-0.39, 0.29) is 22.6 Å². The van der Waals surface area contributed by atoms with Crippen LogP contribution in [0.25, 0.3) is 0 Å². The van der Waals surface area contributed by atoms with Crippen LogP contribution in [0.1, 0.15) is 64.4 Å². The Labute approximate surface area is 198 Å². The number of aryl methyl sites for hydroxylation is 1. The lowest BCUT2D eigenvalue weighted by Gasteiger charge is -2.60. The van der Waals surface area contributed by atoms with Crippen molar-refractivity contribution in [3.63, 3.8) is 0 Å². The normalized spacial score (nSPS) is 39.6. The maximum atomic E-state index is 13.0. The number of nitrogen functional groups attached to an aromatic ring is 1. The first kappa shape index (κ1) is 22.5. The number of benzene rings is 1. The third-order valence-corrected chi connectivity index (χ3v) is 10.2. The molecule has 7 atom stereocenters. The van der Waals surface area contributed by atoms with Crippen LogP contribution in [-0.4, -0.2) is 29.8 Å². The summed E-state index contributed by atoms with van der Waals surface area (Å²) in [5.74, 6) is 2.65. The van der Waals surface area contributed by atoms with Gasteiger partial charge in [-0.15, -0.1) is 0 Å². The molecule has 0 bridgehead atoms. The van der Waals surface area contributed by atoms with Gasteiger partial charge in [0.2, 0.25) is 11.8 Å². The zero-order valence-electron chi connectivity index (χ0n) is 20.6. The Morgan fingerprint density at radius 3 is 2.70 bits per heavy atom. The van der Waals surface area contributed by atoms with Crippen LogP contribution in [0, 0.1) is 41.4 Å². The van der Waals surface area contributed by atoms with Crippen molar-refractivity contribution in [3.8, 4) is 0 Å². The van der Waals surface area contributed by atoms with Gasteiger partial charge in [0.1, 0.15) is 0 Å². The summed E-state index contributed by atoms with van der Waals surface area (Å²) in [5, 5.41) is 3.08. The number of fused-ring (bicyclic) bond motifs is 5. The van der Waals surface area contributed by atoms with E-state index in [1.54, 1.807) is 0 Å². The number of carbonyl (C=O) groups is 2. The molecule has 33 heavy (non-hydrogen) atoms. The number of nitrogens with two attached hydrogens (primary N) is 1. The first-order chi connectivity index (χ1) is 15.6. The monoisotopic (exact) mass is 449 g/mol. The summed E-state index contributed by atoms with van der Waals surface area (Å²) in [6, 6.07) is 6.13. The van der Waals surface area contributed by atoms with E-state index < -0.39 is 0 Å². The summed E-state index contributed by atoms with van der Waals surface area (Å²) in [4.78, 5) is 27.3. The molecule has 5 heteroatoms. The second-order valence-corrected chi connectivity index (χ2v) is 11.8. The lowest BCUT2D eigenvalue weighted by molar-refractivity contribution is -0.139. The summed E-state index contributed by atoms with van der Waals surface area (Å²) in [6.07, 6.45) is 11.7. The Morgan fingerprint density at radius 2 is 1.94 bits per heavy atom. The van der Waals surface area contributed by atoms with Crippen LogP contribution < -0.4 is 11.1 Å². The Bertz CT molecular complexity index is 1000. The molecule has 0 saturated heterocycles. The lowest BCUT2D eigenvalue weighted by Crippen LogP contribution is -2.59. The minimum atomic E-state index is 0.0747. The average Bonchev–Trinajstić information content (AvgIpc) is 3.09. The molecule has 3 saturated carbocycles. The van der Waals surface area contributed by atoms with Gasteiger partial charge in [-0.3, -0.25) is 9.59 Å². The summed E-state index contributed by atoms with van der Waals surface area (Å²) < 4.78 is 0. The van der Waals surface area contributed by atoms with E-state index in [0.717, 1.165) is 24.1 Å². The van der Waals surface area contributed by atoms with Crippen molar-refractivity contribution in [2.24, 2.45) is 34.5 Å². The van der Waals surface area contributed by atoms with Crippen LogP contribution in [0.3, 0.4) is 0 Å². The van der Waals surface area contributed by atoms with Gasteiger partial charge in [-0.2, -0.15) is 0 Å². The molecule has 5 nitrogen and oxygen atoms in total. The maximum absolute atomic E-state index is 13.0. The van der Waals surface area contributed by atoms with Crippen LogP contribution in [0.5, 0.6) is 0 Å². The predicted octanol–water partition coefficient (Wildman–Crippen LogP) is 5.16. The standard InChI is InChI=1S/C28H39N3O2/c1-17-5-9-23(22(29)15-17)30-25(32)16-18-6-8-20-19-7-10-24-28(3,14-12-26(33)31(24)4)21(19)11-13-27(18,20)2/h5,9,12,14-15,18-21,24H,6-8,10-11,13,16,29H2,1-4H3,(H,30,32)/t18-,19+,20+,21+,24-,27-,28-/m1/s1. The largest absolute Gasteiger partial charge is 0.397 e. The number of likely N-dealkylation sites (N-methyl/N-ethyl adjacent to an activating group) is 1. The van der Waals surface area contributed by atoms with E-state index >= 15 is 0 Å². The molecular formula is C28H39N3O2. The highest BCUT2D eigenvalue weighted by Crippen LogP contribution is 2.66. The number of nitrogens with zero attached hydrogens (tertiary/aromatic N) is 1. The van der Waals surface area contributed by atoms with E-state index in [0.29, 0.717) is 41.8 Å². The van der Waals surface area contributed by atoms with Gasteiger partial charge in [-0.1, -0.05) is 26.0 Å². The molecule has 3 aliphatic carbocycles. The van der Waals surface area contributed by atoms with Crippen LogP contribution in [0.4, 0.5) is 11.4 Å². The minimum Gasteiger partial charge on any atom is -0.397 e. The number of hydrogen-bond donors (Lipinski definition) is 2. The third kappa shape index (κ3) is 3.50. The third-order valence-electron chi connectivity index (χ3n) is 10.2. The summed E-state index contributed by atoms with van der Waals surface area (Å²) in [6.45, 7) is 6.85. The summed E-state index contributed by atoms with van der Waals surface area (Å²) in [5.41, 5.74) is 8.88. The molecule has 1 aliphatic heterocycles. The van der Waals surface area contributed by atoms with Crippen molar-refractivity contribution in [3.05, 3.63) is 35.9 Å². The number of carbonyl (C=O) groups excluding carboxylic acids is 2. The zero-order chi connectivity index (χ0) is 23.5. The molecule has 0 radical (unpaired) electrons. The topological polar surface area (TPSA) is 75.4 Å². The summed E-state index contributed by atoms with van der Waals surface area (Å²) in [7, 11) is 1.98. The second kappa shape index (κ2) is 7.89. The number of hydrogen-bond acceptors (Lipinski definition) is 3. The van der Waals surface area contributed by atoms with Crippen molar-refractivity contribution in [2.75, 3.05) is 18.1 Å². The fraction of sp³-hybridized carbons (Fsp3) is 0.643. The first-order valence-corrected chi connectivity index (χ1v) is 12.8. The summed E-state index contributed by atoms with van der Waals surface area (Å²) >= 11 is 0. The van der Waals surface area contributed by atoms with Crippen LogP contribution in [0.15, 0.2) is 30.4 Å². The fourth-order valence-electron chi connectivity index (χ4n) is 8.40. The quantitative estimate of drug-likeness (QED) is 0.626. The van der Waals surface area contributed by atoms with Gasteiger partial charge < -0.3 is 16.0 Å². The molecule has 4 aliphatic rings. The molecule has 0 spiro atoms. The van der Waals surface area contributed by atoms with E-state index in [4.69, 9.17) is 5.73 Å². The molecule has 178 valence electrons. The van der Waals surface area contributed by atoms with Crippen molar-refractivity contribution in [2.45, 2.75) is 71.8 Å². The van der Waals surface area contributed by atoms with E-state index in [9.17, 15) is 9.59 Å². The Kier molecular flexibility index (Phi) is 5.37. The molecule has 1 aromatic rings. The molecule has 1 aromatic carbocycles. The van der Waals surface area contributed by atoms with Gasteiger partial charge in [-0.25, -0.2) is 0 Å². The van der Waals surface area contributed by atoms with Crippen molar-refractivity contribution >= 4 is 23.2 Å². The highest BCUT2D eigenvalue weighted by Gasteiger charge is 2.60. The molecule has 0 aromatic heterocycles. The maximum Gasteiger partial charge on any atom is 0.246 e. The number of nitrogens with one attached hydrogen (secondary N) is 1. The zero-order valence-corrected chi connectivity index (χ0v) is 20.6. The minimum absolute atomic E-state index is 0.0747. The SMILES string of the molecule is Cc1ccc(NC(=O)C[C@H]2CC[C@H]3[C@@H]4CC[C@H]5N(C)C(=O)C=C[C@]5(C)[C@H]4CC[C@]23C)c(N)c1. The Balaban J connectivity index is 1.31. The number of anilines is 2. The van der Waals surface area contributed by atoms with Gasteiger partial charge in [-0.05, 0) is 98.3 Å². The number of rotatable bonds is 3. The smallest absolute Gasteiger partial charge is 0.246 e. The van der Waals surface area contributed by atoms with Crippen LogP contribution in [-0.2, 0) is 9.59 Å². The molecular weight excluding hydrogens is 410 g/mol. The van der Waals surface area contributed by atoms with Gasteiger partial charge in [0, 0.05) is 24.9 Å². The van der Waals surface area contributed by atoms with Gasteiger partial charge in [0.05, 0.1) is 11.4 Å². The first-order valence-electron chi connectivity index (χ1n) is 12.8. The van der Waals surface area contributed by atoms with E-state index in [1.807, 2.05) is 43.1 Å². The van der Waals surface area contributed by atoms with Crippen molar-refractivity contribution in [1.29, 1.82) is 0 Å². The number of amides is 2. The molecule has 2 amide bonds. The Hall–Kier alpha value is -2.30. The van der Waals surface area contributed by atoms with Crippen molar-refractivity contribution < 1.29 is 9.59 Å². The molecule has 3 fully saturated rings. The van der Waals surface area contributed by atoms with E-state index in [2.05, 4.69) is 25.2 Å². The Morgan fingerprint density at radius 1 is 1.15 bits per heavy atom. The predicted molar refractivity (Wildman–Crippen MR) is 132 cm³/mol. The van der Waals surface area contributed by atoms with Crippen LogP contribution >= 0.6 is 0 Å². The highest BCUT2D eigenvalue weighted by atomic mass is 16.2. The molecule has 5 rings (SSSR count).